The number of aromatic amines is 1. The molecule has 1 aromatic heterocycles. The summed E-state index contributed by atoms with van der Waals surface area (Å²) in [4.78, 5) is 17.9. The van der Waals surface area contributed by atoms with E-state index in [4.69, 9.17) is 0 Å². The Hall–Kier alpha value is -2.59. The van der Waals surface area contributed by atoms with Crippen LogP contribution in [0.3, 0.4) is 0 Å². The van der Waals surface area contributed by atoms with Gasteiger partial charge in [0.2, 0.25) is 0 Å². The fraction of sp³-hybridized carbons (Fsp3) is 0.118. The molecule has 4 nitrogen and oxygen atoms in total. The molecule has 0 fully saturated rings. The summed E-state index contributed by atoms with van der Waals surface area (Å²) in [6.07, 6.45) is 0. The number of aromatic nitrogens is 1. The van der Waals surface area contributed by atoms with Crippen molar-refractivity contribution in [3.05, 3.63) is 60.3 Å². The number of H-pyrrole nitrogens is 1. The van der Waals surface area contributed by atoms with Gasteiger partial charge in [0.1, 0.15) is 6.54 Å². The molecule has 4 rings (SSSR count). The van der Waals surface area contributed by atoms with Crippen molar-refractivity contribution in [2.75, 3.05) is 11.4 Å². The monoisotopic (exact) mass is 278 g/mol. The second-order valence-corrected chi connectivity index (χ2v) is 5.26. The molecule has 0 saturated carbocycles. The zero-order valence-corrected chi connectivity index (χ0v) is 11.5. The SMILES string of the molecule is O=C1C[NH2+]Cc2[nH]c3ccccc3c2N1c1ccccc1. The van der Waals surface area contributed by atoms with Crippen LogP contribution in [0.15, 0.2) is 54.6 Å². The van der Waals surface area contributed by atoms with Crippen LogP contribution in [0.25, 0.3) is 10.9 Å². The van der Waals surface area contributed by atoms with Crippen LogP contribution in [0.1, 0.15) is 5.69 Å². The molecule has 3 N–H and O–H groups in total. The van der Waals surface area contributed by atoms with Crippen molar-refractivity contribution in [2.24, 2.45) is 0 Å². The highest BCUT2D eigenvalue weighted by Gasteiger charge is 2.28. The molecule has 0 atom stereocenters. The Balaban J connectivity index is 2.00. The van der Waals surface area contributed by atoms with E-state index in [9.17, 15) is 4.79 Å². The van der Waals surface area contributed by atoms with Crippen molar-refractivity contribution in [3.8, 4) is 0 Å². The van der Waals surface area contributed by atoms with Crippen molar-refractivity contribution >= 4 is 28.2 Å². The molecule has 2 heterocycles. The number of fused-ring (bicyclic) bond motifs is 3. The number of hydrogen-bond donors (Lipinski definition) is 2. The van der Waals surface area contributed by atoms with Gasteiger partial charge in [0.15, 0.2) is 6.54 Å². The van der Waals surface area contributed by atoms with Crippen LogP contribution in [0.5, 0.6) is 0 Å². The molecule has 4 heteroatoms. The van der Waals surface area contributed by atoms with Gasteiger partial charge >= 0.3 is 0 Å². The third-order valence-electron chi connectivity index (χ3n) is 3.91. The molecular weight excluding hydrogens is 262 g/mol. The summed E-state index contributed by atoms with van der Waals surface area (Å²) in [5.41, 5.74) is 4.09. The van der Waals surface area contributed by atoms with Gasteiger partial charge < -0.3 is 10.3 Å². The molecule has 0 spiro atoms. The molecule has 0 saturated heterocycles. The van der Waals surface area contributed by atoms with Gasteiger partial charge in [-0.05, 0) is 18.2 Å². The van der Waals surface area contributed by atoms with E-state index in [1.54, 1.807) is 0 Å². The van der Waals surface area contributed by atoms with Crippen LogP contribution < -0.4 is 10.2 Å². The van der Waals surface area contributed by atoms with E-state index in [0.717, 1.165) is 34.5 Å². The first-order valence-electron chi connectivity index (χ1n) is 7.14. The molecule has 0 aliphatic carbocycles. The van der Waals surface area contributed by atoms with Crippen LogP contribution in [0, 0.1) is 0 Å². The summed E-state index contributed by atoms with van der Waals surface area (Å²) in [6, 6.07) is 18.0. The summed E-state index contributed by atoms with van der Waals surface area (Å²) >= 11 is 0. The average molecular weight is 278 g/mol. The molecule has 21 heavy (non-hydrogen) atoms. The number of para-hydroxylation sites is 2. The highest BCUT2D eigenvalue weighted by Crippen LogP contribution is 2.36. The summed E-state index contributed by atoms with van der Waals surface area (Å²) in [5, 5.41) is 3.14. The number of nitrogens with one attached hydrogen (secondary N) is 1. The minimum Gasteiger partial charge on any atom is -0.352 e. The fourth-order valence-corrected chi connectivity index (χ4v) is 2.99. The lowest BCUT2D eigenvalue weighted by Crippen LogP contribution is -2.84. The number of carbonyl (C=O) groups excluding carboxylic acids is 1. The molecule has 0 radical (unpaired) electrons. The van der Waals surface area contributed by atoms with Crippen LogP contribution in [-0.2, 0) is 11.3 Å². The third-order valence-corrected chi connectivity index (χ3v) is 3.91. The maximum atomic E-state index is 12.6. The van der Waals surface area contributed by atoms with E-state index in [2.05, 4.69) is 17.1 Å². The van der Waals surface area contributed by atoms with Crippen LogP contribution in [0.2, 0.25) is 0 Å². The Morgan fingerprint density at radius 1 is 0.952 bits per heavy atom. The van der Waals surface area contributed by atoms with Gasteiger partial charge in [-0.15, -0.1) is 0 Å². The van der Waals surface area contributed by atoms with Gasteiger partial charge in [0.05, 0.1) is 11.4 Å². The van der Waals surface area contributed by atoms with Gasteiger partial charge in [-0.25, -0.2) is 0 Å². The van der Waals surface area contributed by atoms with Gasteiger partial charge in [0.25, 0.3) is 5.91 Å². The lowest BCUT2D eigenvalue weighted by molar-refractivity contribution is -0.659. The zero-order chi connectivity index (χ0) is 14.2. The van der Waals surface area contributed by atoms with E-state index in [-0.39, 0.29) is 5.91 Å². The second kappa shape index (κ2) is 4.75. The highest BCUT2D eigenvalue weighted by atomic mass is 16.2. The Bertz CT molecular complexity index is 807. The van der Waals surface area contributed by atoms with Crippen molar-refractivity contribution in [2.45, 2.75) is 6.54 Å². The maximum absolute atomic E-state index is 12.6. The first-order valence-corrected chi connectivity index (χ1v) is 7.14. The predicted molar refractivity (Wildman–Crippen MR) is 82.4 cm³/mol. The lowest BCUT2D eigenvalue weighted by Gasteiger charge is -2.20. The fourth-order valence-electron chi connectivity index (χ4n) is 2.99. The molecule has 1 amide bonds. The van der Waals surface area contributed by atoms with Gasteiger partial charge in [-0.2, -0.15) is 0 Å². The minimum absolute atomic E-state index is 0.115. The van der Waals surface area contributed by atoms with E-state index in [1.807, 2.05) is 52.7 Å². The molecule has 1 aliphatic heterocycles. The second-order valence-electron chi connectivity index (χ2n) is 5.26. The molecule has 104 valence electrons. The van der Waals surface area contributed by atoms with E-state index in [0.29, 0.717) is 6.54 Å². The van der Waals surface area contributed by atoms with Crippen molar-refractivity contribution in [1.29, 1.82) is 0 Å². The largest absolute Gasteiger partial charge is 0.352 e. The Morgan fingerprint density at radius 2 is 1.71 bits per heavy atom. The Labute approximate surface area is 122 Å². The molecule has 3 aromatic rings. The summed E-state index contributed by atoms with van der Waals surface area (Å²) in [5.74, 6) is 0.115. The number of rotatable bonds is 1. The van der Waals surface area contributed by atoms with E-state index >= 15 is 0 Å². The third kappa shape index (κ3) is 1.92. The average Bonchev–Trinajstić information content (AvgIpc) is 2.79. The van der Waals surface area contributed by atoms with Crippen molar-refractivity contribution in [1.82, 2.24) is 4.98 Å². The number of carbonyl (C=O) groups is 1. The van der Waals surface area contributed by atoms with Crippen LogP contribution in [-0.4, -0.2) is 17.4 Å². The smallest absolute Gasteiger partial charge is 0.286 e. The lowest BCUT2D eigenvalue weighted by atomic mass is 10.1. The predicted octanol–water partition coefficient (Wildman–Crippen LogP) is 1.91. The summed E-state index contributed by atoms with van der Waals surface area (Å²) < 4.78 is 0. The maximum Gasteiger partial charge on any atom is 0.286 e. The van der Waals surface area contributed by atoms with Gasteiger partial charge in [-0.3, -0.25) is 9.69 Å². The molecule has 1 aliphatic rings. The number of anilines is 2. The Kier molecular flexibility index (Phi) is 2.75. The summed E-state index contributed by atoms with van der Waals surface area (Å²) in [7, 11) is 0. The number of hydrogen-bond acceptors (Lipinski definition) is 1. The number of benzene rings is 2. The number of nitrogens with two attached hydrogens (primary N) is 1. The van der Waals surface area contributed by atoms with Gasteiger partial charge in [0, 0.05) is 16.6 Å². The van der Waals surface area contributed by atoms with Crippen molar-refractivity contribution < 1.29 is 10.1 Å². The highest BCUT2D eigenvalue weighted by molar-refractivity contribution is 6.09. The van der Waals surface area contributed by atoms with Crippen LogP contribution >= 0.6 is 0 Å². The van der Waals surface area contributed by atoms with Gasteiger partial charge in [-0.1, -0.05) is 36.4 Å². The number of quaternary nitrogens is 1. The van der Waals surface area contributed by atoms with Crippen molar-refractivity contribution in [3.63, 3.8) is 0 Å². The molecular formula is C17H16N3O+. The standard InChI is InChI=1S/C17H15N3O/c21-16-11-18-10-15-17(13-8-4-5-9-14(13)19-15)20(16)12-6-2-1-3-7-12/h1-9,18-19H,10-11H2/p+1. The minimum atomic E-state index is 0.115. The molecule has 2 aromatic carbocycles. The topological polar surface area (TPSA) is 52.7 Å². The van der Waals surface area contributed by atoms with Crippen LogP contribution in [0.4, 0.5) is 11.4 Å². The molecule has 0 unspecified atom stereocenters. The molecule has 0 bridgehead atoms. The van der Waals surface area contributed by atoms with E-state index in [1.165, 1.54) is 0 Å². The summed E-state index contributed by atoms with van der Waals surface area (Å²) in [6.45, 7) is 1.25. The zero-order valence-electron chi connectivity index (χ0n) is 11.5. The quantitative estimate of drug-likeness (QED) is 0.702. The van der Waals surface area contributed by atoms with E-state index < -0.39 is 0 Å². The Morgan fingerprint density at radius 3 is 2.57 bits per heavy atom. The normalized spacial score (nSPS) is 15.0. The first-order chi connectivity index (χ1) is 10.3. The first kappa shape index (κ1) is 12.2. The number of nitrogens with zero attached hydrogens (tertiary/aromatic N) is 1. The number of amides is 1.